The van der Waals surface area contributed by atoms with Gasteiger partial charge in [-0.3, -0.25) is 4.79 Å². The third kappa shape index (κ3) is 6.25. The Balaban J connectivity index is 1.46. The molecule has 3 rings (SSSR count). The number of piperazine rings is 1. The molecule has 0 bridgehead atoms. The van der Waals surface area contributed by atoms with Gasteiger partial charge in [0, 0.05) is 6.42 Å². The number of benzene rings is 2. The Labute approximate surface area is 185 Å². The zero-order chi connectivity index (χ0) is 22.1. The maximum absolute atomic E-state index is 12.7. The number of rotatable bonds is 9. The van der Waals surface area contributed by atoms with E-state index in [0.29, 0.717) is 30.1 Å². The largest absolute Gasteiger partial charge is 0.493 e. The molecule has 1 heterocycles. The Hall–Kier alpha value is -2.99. The SMILES string of the molecule is COc1cc(CCC(=O)N2CC[NH+](C/C=C/c3ccccc3)CC2)cc(OC)c1OC. The van der Waals surface area contributed by atoms with Crippen molar-refractivity contribution in [2.24, 2.45) is 0 Å². The second-order valence-electron chi connectivity index (χ2n) is 7.68. The minimum absolute atomic E-state index is 0.202. The lowest BCUT2D eigenvalue weighted by Gasteiger charge is -2.31. The number of carbonyl (C=O) groups is 1. The summed E-state index contributed by atoms with van der Waals surface area (Å²) in [5.41, 5.74) is 2.22. The fourth-order valence-electron chi connectivity index (χ4n) is 3.89. The van der Waals surface area contributed by atoms with E-state index in [1.807, 2.05) is 23.1 Å². The lowest BCUT2D eigenvalue weighted by atomic mass is 10.1. The molecular weight excluding hydrogens is 392 g/mol. The van der Waals surface area contributed by atoms with Gasteiger partial charge in [-0.1, -0.05) is 36.4 Å². The van der Waals surface area contributed by atoms with Crippen LogP contribution in [0.5, 0.6) is 17.2 Å². The van der Waals surface area contributed by atoms with Crippen LogP contribution in [-0.2, 0) is 11.2 Å². The van der Waals surface area contributed by atoms with Gasteiger partial charge in [0.25, 0.3) is 0 Å². The van der Waals surface area contributed by atoms with E-state index in [0.717, 1.165) is 38.3 Å². The minimum atomic E-state index is 0.202. The van der Waals surface area contributed by atoms with E-state index in [9.17, 15) is 4.79 Å². The lowest BCUT2D eigenvalue weighted by molar-refractivity contribution is -0.898. The number of hydrogen-bond acceptors (Lipinski definition) is 4. The number of carbonyl (C=O) groups excluding carboxylic acids is 1. The molecule has 2 aromatic rings. The molecule has 6 nitrogen and oxygen atoms in total. The zero-order valence-corrected chi connectivity index (χ0v) is 18.7. The van der Waals surface area contributed by atoms with Gasteiger partial charge in [0.1, 0.15) is 0 Å². The number of nitrogens with zero attached hydrogens (tertiary/aromatic N) is 1. The predicted molar refractivity (Wildman–Crippen MR) is 122 cm³/mol. The number of hydrogen-bond donors (Lipinski definition) is 1. The molecule has 0 aromatic heterocycles. The first-order valence-electron chi connectivity index (χ1n) is 10.8. The Morgan fingerprint density at radius 3 is 2.23 bits per heavy atom. The second-order valence-corrected chi connectivity index (χ2v) is 7.68. The molecule has 0 saturated carbocycles. The van der Waals surface area contributed by atoms with Gasteiger partial charge >= 0.3 is 0 Å². The summed E-state index contributed by atoms with van der Waals surface area (Å²) in [5.74, 6) is 2.00. The van der Waals surface area contributed by atoms with E-state index >= 15 is 0 Å². The van der Waals surface area contributed by atoms with Gasteiger partial charge in [-0.05, 0) is 35.8 Å². The molecule has 0 atom stereocenters. The van der Waals surface area contributed by atoms with Crippen LogP contribution in [0.1, 0.15) is 17.5 Å². The Kier molecular flexibility index (Phi) is 8.35. The monoisotopic (exact) mass is 425 g/mol. The fraction of sp³-hybridized carbons (Fsp3) is 0.400. The van der Waals surface area contributed by atoms with Crippen molar-refractivity contribution in [3.05, 3.63) is 59.7 Å². The van der Waals surface area contributed by atoms with Crippen LogP contribution < -0.4 is 19.1 Å². The molecule has 0 unspecified atom stereocenters. The zero-order valence-electron chi connectivity index (χ0n) is 18.7. The van der Waals surface area contributed by atoms with E-state index in [1.165, 1.54) is 10.5 Å². The van der Waals surface area contributed by atoms with Crippen molar-refractivity contribution in [2.75, 3.05) is 54.1 Å². The normalized spacial score (nSPS) is 14.6. The quantitative estimate of drug-likeness (QED) is 0.669. The summed E-state index contributed by atoms with van der Waals surface area (Å²) in [7, 11) is 4.79. The molecule has 0 spiro atoms. The van der Waals surface area contributed by atoms with Crippen LogP contribution in [0.15, 0.2) is 48.5 Å². The topological polar surface area (TPSA) is 52.4 Å². The number of methoxy groups -OCH3 is 3. The van der Waals surface area contributed by atoms with Crippen LogP contribution in [0.2, 0.25) is 0 Å². The molecule has 2 aromatic carbocycles. The van der Waals surface area contributed by atoms with Crippen molar-refractivity contribution in [1.29, 1.82) is 0 Å². The smallest absolute Gasteiger partial charge is 0.223 e. The van der Waals surface area contributed by atoms with Crippen molar-refractivity contribution >= 4 is 12.0 Å². The van der Waals surface area contributed by atoms with E-state index in [-0.39, 0.29) is 5.91 Å². The van der Waals surface area contributed by atoms with Crippen LogP contribution >= 0.6 is 0 Å². The van der Waals surface area contributed by atoms with Crippen molar-refractivity contribution in [1.82, 2.24) is 4.90 Å². The van der Waals surface area contributed by atoms with Gasteiger partial charge in [-0.15, -0.1) is 0 Å². The highest BCUT2D eigenvalue weighted by Crippen LogP contribution is 2.38. The molecule has 0 radical (unpaired) electrons. The summed E-state index contributed by atoms with van der Waals surface area (Å²) in [6.07, 6.45) is 5.51. The van der Waals surface area contributed by atoms with E-state index in [4.69, 9.17) is 14.2 Å². The number of amides is 1. The highest BCUT2D eigenvalue weighted by Gasteiger charge is 2.23. The summed E-state index contributed by atoms with van der Waals surface area (Å²) in [4.78, 5) is 16.2. The van der Waals surface area contributed by atoms with Crippen molar-refractivity contribution in [2.45, 2.75) is 12.8 Å². The molecule has 1 saturated heterocycles. The van der Waals surface area contributed by atoms with E-state index in [1.54, 1.807) is 21.3 Å². The van der Waals surface area contributed by atoms with Crippen LogP contribution in [0.3, 0.4) is 0 Å². The summed E-state index contributed by atoms with van der Waals surface area (Å²) < 4.78 is 16.2. The highest BCUT2D eigenvalue weighted by molar-refractivity contribution is 5.76. The summed E-state index contributed by atoms with van der Waals surface area (Å²) in [5, 5.41) is 0. The van der Waals surface area contributed by atoms with Crippen LogP contribution in [0.4, 0.5) is 0 Å². The first-order chi connectivity index (χ1) is 15.1. The molecular formula is C25H33N2O4+. The maximum Gasteiger partial charge on any atom is 0.223 e. The average Bonchev–Trinajstić information content (AvgIpc) is 2.82. The third-order valence-electron chi connectivity index (χ3n) is 5.69. The molecule has 6 heteroatoms. The van der Waals surface area contributed by atoms with E-state index < -0.39 is 0 Å². The Morgan fingerprint density at radius 1 is 1.00 bits per heavy atom. The number of aryl methyl sites for hydroxylation is 1. The molecule has 31 heavy (non-hydrogen) atoms. The highest BCUT2D eigenvalue weighted by atomic mass is 16.5. The molecule has 0 aliphatic carbocycles. The number of ether oxygens (including phenoxy) is 3. The van der Waals surface area contributed by atoms with Gasteiger partial charge in [-0.25, -0.2) is 0 Å². The molecule has 166 valence electrons. The molecule has 1 aliphatic rings. The standard InChI is InChI=1S/C25H32N2O4/c1-29-22-18-21(19-23(30-2)25(22)31-3)11-12-24(28)27-16-14-26(15-17-27)13-7-10-20-8-5-4-6-9-20/h4-10,18-19H,11-17H2,1-3H3/p+1/b10-7+. The first-order valence-corrected chi connectivity index (χ1v) is 10.8. The average molecular weight is 426 g/mol. The molecule has 1 aliphatic heterocycles. The number of nitrogens with one attached hydrogen (secondary N) is 1. The van der Waals surface area contributed by atoms with Crippen molar-refractivity contribution in [3.63, 3.8) is 0 Å². The lowest BCUT2D eigenvalue weighted by Crippen LogP contribution is -3.14. The van der Waals surface area contributed by atoms with Crippen molar-refractivity contribution < 1.29 is 23.9 Å². The van der Waals surface area contributed by atoms with Gasteiger partial charge in [0.15, 0.2) is 11.5 Å². The Morgan fingerprint density at radius 2 is 1.65 bits per heavy atom. The van der Waals surface area contributed by atoms with Crippen molar-refractivity contribution in [3.8, 4) is 17.2 Å². The fourth-order valence-corrected chi connectivity index (χ4v) is 3.89. The predicted octanol–water partition coefficient (Wildman–Crippen LogP) is 2.09. The van der Waals surface area contributed by atoms with Crippen LogP contribution in [-0.4, -0.2) is 64.9 Å². The van der Waals surface area contributed by atoms with Crippen LogP contribution in [0, 0.1) is 0 Å². The number of quaternary nitrogens is 1. The summed E-state index contributed by atoms with van der Waals surface area (Å²) >= 11 is 0. The molecule has 1 amide bonds. The second kappa shape index (κ2) is 11.4. The molecule has 1 N–H and O–H groups in total. The van der Waals surface area contributed by atoms with Gasteiger partial charge < -0.3 is 24.0 Å². The van der Waals surface area contributed by atoms with Gasteiger partial charge in [0.05, 0.1) is 54.1 Å². The van der Waals surface area contributed by atoms with E-state index in [2.05, 4.69) is 36.4 Å². The van der Waals surface area contributed by atoms with Gasteiger partial charge in [-0.2, -0.15) is 0 Å². The first kappa shape index (κ1) is 22.7. The van der Waals surface area contributed by atoms with Crippen LogP contribution in [0.25, 0.3) is 6.08 Å². The third-order valence-corrected chi connectivity index (χ3v) is 5.69. The maximum atomic E-state index is 12.7. The Bertz CT molecular complexity index is 849. The summed E-state index contributed by atoms with van der Waals surface area (Å²) in [6, 6.07) is 14.2. The molecule has 1 fully saturated rings. The summed E-state index contributed by atoms with van der Waals surface area (Å²) in [6.45, 7) is 4.57. The minimum Gasteiger partial charge on any atom is -0.493 e. The van der Waals surface area contributed by atoms with Gasteiger partial charge in [0.2, 0.25) is 11.7 Å².